The highest BCUT2D eigenvalue weighted by molar-refractivity contribution is 8.00. The zero-order chi connectivity index (χ0) is 21.1. The van der Waals surface area contributed by atoms with Crippen LogP contribution in [0.5, 0.6) is 11.5 Å². The third-order valence-electron chi connectivity index (χ3n) is 5.36. The van der Waals surface area contributed by atoms with Gasteiger partial charge in [-0.05, 0) is 37.1 Å². The summed E-state index contributed by atoms with van der Waals surface area (Å²) in [6, 6.07) is 11.7. The summed E-state index contributed by atoms with van der Waals surface area (Å²) >= 11 is 1.43. The average molecular weight is 431 g/mol. The fourth-order valence-corrected chi connectivity index (χ4v) is 4.76. The number of fused-ring (bicyclic) bond motifs is 1. The lowest BCUT2D eigenvalue weighted by Gasteiger charge is -2.43. The van der Waals surface area contributed by atoms with Gasteiger partial charge in [0, 0.05) is 24.1 Å². The van der Waals surface area contributed by atoms with Crippen molar-refractivity contribution < 1.29 is 23.5 Å². The van der Waals surface area contributed by atoms with Gasteiger partial charge in [-0.3, -0.25) is 9.59 Å². The molecule has 1 fully saturated rings. The minimum Gasteiger partial charge on any atom is -0.486 e. The number of halogens is 1. The molecule has 0 spiro atoms. The molecule has 30 heavy (non-hydrogen) atoms. The highest BCUT2D eigenvalue weighted by Crippen LogP contribution is 2.34. The summed E-state index contributed by atoms with van der Waals surface area (Å²) in [7, 11) is 0. The fourth-order valence-electron chi connectivity index (χ4n) is 3.65. The van der Waals surface area contributed by atoms with E-state index in [-0.39, 0.29) is 24.2 Å². The van der Waals surface area contributed by atoms with E-state index >= 15 is 0 Å². The number of ether oxygens (including phenoxy) is 2. The Hall–Kier alpha value is -2.74. The molecule has 1 unspecified atom stereocenters. The fraction of sp³-hybridized carbons (Fsp3) is 0.364. The monoisotopic (exact) mass is 430 g/mol. The van der Waals surface area contributed by atoms with Crippen molar-refractivity contribution in [2.24, 2.45) is 0 Å². The highest BCUT2D eigenvalue weighted by atomic mass is 32.2. The number of thioether (sulfide) groups is 1. The van der Waals surface area contributed by atoms with Crippen LogP contribution < -0.4 is 14.8 Å². The molecule has 1 saturated heterocycles. The van der Waals surface area contributed by atoms with Gasteiger partial charge in [-0.1, -0.05) is 18.2 Å². The van der Waals surface area contributed by atoms with Gasteiger partial charge in [-0.25, -0.2) is 4.39 Å². The molecule has 2 aliphatic heterocycles. The summed E-state index contributed by atoms with van der Waals surface area (Å²) in [5, 5.41) is 2.91. The Morgan fingerprint density at radius 3 is 2.77 bits per heavy atom. The average Bonchev–Trinajstić information content (AvgIpc) is 2.74. The molecule has 2 aromatic carbocycles. The molecule has 4 rings (SSSR count). The number of carbonyl (C=O) groups is 2. The molecule has 2 aromatic rings. The molecule has 0 radical (unpaired) electrons. The predicted molar refractivity (Wildman–Crippen MR) is 114 cm³/mol. The number of amides is 2. The number of hydrogen-bond acceptors (Lipinski definition) is 5. The standard InChI is InChI=1S/C22H23FN2O4S/c1-22(21(27)24-16-6-7-18-19(12-16)29-11-10-28-18)14-30-13-20(26)25(22)9-8-15-4-2-3-5-17(15)23/h2-7,12H,8-11,13-14H2,1H3,(H,24,27). The van der Waals surface area contributed by atoms with Crippen LogP contribution >= 0.6 is 11.8 Å². The van der Waals surface area contributed by atoms with E-state index in [4.69, 9.17) is 9.47 Å². The van der Waals surface area contributed by atoms with E-state index in [9.17, 15) is 14.0 Å². The van der Waals surface area contributed by atoms with Crippen molar-refractivity contribution in [2.75, 3.05) is 36.6 Å². The smallest absolute Gasteiger partial charge is 0.250 e. The predicted octanol–water partition coefficient (Wildman–Crippen LogP) is 3.11. The maximum absolute atomic E-state index is 14.0. The van der Waals surface area contributed by atoms with Crippen LogP contribution in [0.15, 0.2) is 42.5 Å². The van der Waals surface area contributed by atoms with Crippen LogP contribution in [0.25, 0.3) is 0 Å². The molecule has 158 valence electrons. The van der Waals surface area contributed by atoms with Crippen molar-refractivity contribution in [1.29, 1.82) is 0 Å². The lowest BCUT2D eigenvalue weighted by Crippen LogP contribution is -2.62. The van der Waals surface area contributed by atoms with Gasteiger partial charge in [-0.2, -0.15) is 0 Å². The molecule has 0 aromatic heterocycles. The first-order valence-corrected chi connectivity index (χ1v) is 11.0. The molecular weight excluding hydrogens is 407 g/mol. The minimum absolute atomic E-state index is 0.123. The van der Waals surface area contributed by atoms with E-state index in [0.29, 0.717) is 53.9 Å². The lowest BCUT2D eigenvalue weighted by molar-refractivity contribution is -0.141. The molecule has 0 bridgehead atoms. The highest BCUT2D eigenvalue weighted by Gasteiger charge is 2.45. The third kappa shape index (κ3) is 4.09. The number of rotatable bonds is 5. The topological polar surface area (TPSA) is 67.9 Å². The normalized spacial score (nSPS) is 20.7. The zero-order valence-corrected chi connectivity index (χ0v) is 17.5. The van der Waals surface area contributed by atoms with Crippen LogP contribution in [0.3, 0.4) is 0 Å². The Labute approximate surface area is 178 Å². The van der Waals surface area contributed by atoms with E-state index in [1.807, 2.05) is 0 Å². The van der Waals surface area contributed by atoms with E-state index in [2.05, 4.69) is 5.32 Å². The molecule has 8 heteroatoms. The van der Waals surface area contributed by atoms with Crippen molar-refractivity contribution in [3.05, 3.63) is 53.8 Å². The van der Waals surface area contributed by atoms with Crippen molar-refractivity contribution in [1.82, 2.24) is 4.90 Å². The first-order valence-electron chi connectivity index (χ1n) is 9.80. The summed E-state index contributed by atoms with van der Waals surface area (Å²) in [6.45, 7) is 2.97. The molecular formula is C22H23FN2O4S. The number of benzene rings is 2. The summed E-state index contributed by atoms with van der Waals surface area (Å²) < 4.78 is 25.1. The molecule has 2 heterocycles. The molecule has 0 aliphatic carbocycles. The first kappa shape index (κ1) is 20.5. The van der Waals surface area contributed by atoms with Gasteiger partial charge < -0.3 is 19.7 Å². The summed E-state index contributed by atoms with van der Waals surface area (Å²) in [4.78, 5) is 27.5. The SMILES string of the molecule is CC1(C(=O)Nc2ccc3c(c2)OCCO3)CSCC(=O)N1CCc1ccccc1F. The molecule has 1 atom stereocenters. The molecule has 2 aliphatic rings. The van der Waals surface area contributed by atoms with Gasteiger partial charge in [0.2, 0.25) is 5.91 Å². The molecule has 2 amide bonds. The van der Waals surface area contributed by atoms with Gasteiger partial charge in [0.25, 0.3) is 5.91 Å². The molecule has 6 nitrogen and oxygen atoms in total. The molecule has 0 saturated carbocycles. The quantitative estimate of drug-likeness (QED) is 0.790. The van der Waals surface area contributed by atoms with Gasteiger partial charge in [0.1, 0.15) is 24.6 Å². The van der Waals surface area contributed by atoms with E-state index in [1.165, 1.54) is 17.8 Å². The van der Waals surface area contributed by atoms with Gasteiger partial charge >= 0.3 is 0 Å². The maximum atomic E-state index is 14.0. The van der Waals surface area contributed by atoms with Crippen molar-refractivity contribution in [2.45, 2.75) is 18.9 Å². The largest absolute Gasteiger partial charge is 0.486 e. The zero-order valence-electron chi connectivity index (χ0n) is 16.7. The van der Waals surface area contributed by atoms with Crippen LogP contribution in [0.4, 0.5) is 10.1 Å². The first-order chi connectivity index (χ1) is 14.5. The summed E-state index contributed by atoms with van der Waals surface area (Å²) in [5.41, 5.74) is 0.0547. The van der Waals surface area contributed by atoms with Gasteiger partial charge in [0.05, 0.1) is 5.75 Å². The third-order valence-corrected chi connectivity index (χ3v) is 6.57. The second-order valence-electron chi connectivity index (χ2n) is 7.47. The van der Waals surface area contributed by atoms with Crippen LogP contribution in [0.2, 0.25) is 0 Å². The number of nitrogens with zero attached hydrogens (tertiary/aromatic N) is 1. The number of nitrogens with one attached hydrogen (secondary N) is 1. The van der Waals surface area contributed by atoms with Gasteiger partial charge in [0.15, 0.2) is 11.5 Å². The van der Waals surface area contributed by atoms with E-state index < -0.39 is 5.54 Å². The minimum atomic E-state index is -1.04. The second-order valence-corrected chi connectivity index (χ2v) is 8.45. The van der Waals surface area contributed by atoms with Crippen molar-refractivity contribution in [3.63, 3.8) is 0 Å². The lowest BCUT2D eigenvalue weighted by atomic mass is 9.99. The number of carbonyl (C=O) groups excluding carboxylic acids is 2. The number of anilines is 1. The maximum Gasteiger partial charge on any atom is 0.250 e. The summed E-state index contributed by atoms with van der Waals surface area (Å²) in [6.07, 6.45) is 0.343. The van der Waals surface area contributed by atoms with Crippen LogP contribution in [-0.2, 0) is 16.0 Å². The Bertz CT molecular complexity index is 970. The Kier molecular flexibility index (Phi) is 5.85. The Balaban J connectivity index is 1.51. The van der Waals surface area contributed by atoms with Crippen molar-refractivity contribution in [3.8, 4) is 11.5 Å². The number of hydrogen-bond donors (Lipinski definition) is 1. The Morgan fingerprint density at radius 1 is 1.20 bits per heavy atom. The van der Waals surface area contributed by atoms with Crippen molar-refractivity contribution >= 4 is 29.3 Å². The van der Waals surface area contributed by atoms with Crippen LogP contribution in [-0.4, -0.2) is 53.5 Å². The van der Waals surface area contributed by atoms with Crippen LogP contribution in [0, 0.1) is 5.82 Å². The second kappa shape index (κ2) is 8.55. The van der Waals surface area contributed by atoms with E-state index in [1.54, 1.807) is 48.2 Å². The Morgan fingerprint density at radius 2 is 1.97 bits per heavy atom. The van der Waals surface area contributed by atoms with Gasteiger partial charge in [-0.15, -0.1) is 11.8 Å². The summed E-state index contributed by atoms with van der Waals surface area (Å²) in [5.74, 6) is 1.28. The van der Waals surface area contributed by atoms with E-state index in [0.717, 1.165) is 0 Å². The molecule has 1 N–H and O–H groups in total. The van der Waals surface area contributed by atoms with Crippen LogP contribution in [0.1, 0.15) is 12.5 Å².